The average molecular weight is 276 g/mol. The van der Waals surface area contributed by atoms with E-state index in [1.54, 1.807) is 44.2 Å². The molecule has 0 bridgehead atoms. The van der Waals surface area contributed by atoms with Crippen molar-refractivity contribution in [3.63, 3.8) is 0 Å². The number of hydrogen-bond donors (Lipinski definition) is 3. The van der Waals surface area contributed by atoms with E-state index < -0.39 is 5.60 Å². The Hall–Kier alpha value is -1.65. The molecule has 3 N–H and O–H groups in total. The fourth-order valence-corrected chi connectivity index (χ4v) is 2.58. The van der Waals surface area contributed by atoms with Crippen molar-refractivity contribution in [2.75, 3.05) is 0 Å². The molecule has 19 heavy (non-hydrogen) atoms. The summed E-state index contributed by atoms with van der Waals surface area (Å²) in [6.07, 6.45) is 0. The first-order valence-corrected chi connectivity index (χ1v) is 6.70. The Morgan fingerprint density at radius 1 is 0.895 bits per heavy atom. The van der Waals surface area contributed by atoms with E-state index in [9.17, 15) is 15.3 Å². The van der Waals surface area contributed by atoms with Crippen LogP contribution in [0.25, 0.3) is 0 Å². The topological polar surface area (TPSA) is 60.7 Å². The molecule has 2 aromatic carbocycles. The van der Waals surface area contributed by atoms with Gasteiger partial charge in [-0.3, -0.25) is 0 Å². The number of benzene rings is 2. The quantitative estimate of drug-likeness (QED) is 0.803. The monoisotopic (exact) mass is 276 g/mol. The molecule has 0 aliphatic heterocycles. The van der Waals surface area contributed by atoms with E-state index in [2.05, 4.69) is 0 Å². The normalized spacial score (nSPS) is 11.5. The summed E-state index contributed by atoms with van der Waals surface area (Å²) < 4.78 is 0. The minimum absolute atomic E-state index is 0.0857. The van der Waals surface area contributed by atoms with Crippen LogP contribution in [-0.2, 0) is 5.60 Å². The number of aliphatic hydroxyl groups is 1. The molecule has 3 nitrogen and oxygen atoms in total. The van der Waals surface area contributed by atoms with E-state index in [0.29, 0.717) is 5.56 Å². The van der Waals surface area contributed by atoms with Crippen LogP contribution in [0.15, 0.2) is 52.3 Å². The van der Waals surface area contributed by atoms with Gasteiger partial charge >= 0.3 is 0 Å². The molecule has 0 spiro atoms. The van der Waals surface area contributed by atoms with Crippen molar-refractivity contribution < 1.29 is 15.3 Å². The maximum Gasteiger partial charge on any atom is 0.121 e. The van der Waals surface area contributed by atoms with Crippen LogP contribution in [0.5, 0.6) is 11.5 Å². The van der Waals surface area contributed by atoms with Crippen molar-refractivity contribution in [3.8, 4) is 11.5 Å². The van der Waals surface area contributed by atoms with E-state index in [0.717, 1.165) is 9.79 Å². The van der Waals surface area contributed by atoms with Gasteiger partial charge in [0.2, 0.25) is 0 Å². The number of phenolic OH excluding ortho intramolecular Hbond substituents is 2. The number of hydrogen-bond acceptors (Lipinski definition) is 4. The van der Waals surface area contributed by atoms with E-state index in [1.807, 2.05) is 12.1 Å². The fourth-order valence-electron chi connectivity index (χ4n) is 1.72. The predicted octanol–water partition coefficient (Wildman–Crippen LogP) is 3.48. The molecule has 0 fully saturated rings. The third kappa shape index (κ3) is 3.43. The van der Waals surface area contributed by atoms with Crippen molar-refractivity contribution in [2.45, 2.75) is 29.2 Å². The minimum Gasteiger partial charge on any atom is -0.508 e. The van der Waals surface area contributed by atoms with Crippen LogP contribution in [0.3, 0.4) is 0 Å². The van der Waals surface area contributed by atoms with Crippen LogP contribution in [0.2, 0.25) is 0 Å². The van der Waals surface area contributed by atoms with Crippen LogP contribution in [-0.4, -0.2) is 15.3 Å². The Balaban J connectivity index is 2.29. The van der Waals surface area contributed by atoms with Gasteiger partial charge in [-0.25, -0.2) is 0 Å². The Kier molecular flexibility index (Phi) is 3.73. The standard InChI is InChI=1S/C15H16O3S/c1-15(2,18)13-9-12(7-8-14(13)17)19-11-5-3-10(16)4-6-11/h3-9,16-18H,1-2H3. The second kappa shape index (κ2) is 5.15. The summed E-state index contributed by atoms with van der Waals surface area (Å²) in [5.41, 5.74) is -0.591. The largest absolute Gasteiger partial charge is 0.508 e. The van der Waals surface area contributed by atoms with Crippen LogP contribution in [0.1, 0.15) is 19.4 Å². The second-order valence-electron chi connectivity index (χ2n) is 4.83. The summed E-state index contributed by atoms with van der Waals surface area (Å²) in [7, 11) is 0. The molecule has 2 rings (SSSR count). The maximum absolute atomic E-state index is 9.99. The summed E-state index contributed by atoms with van der Waals surface area (Å²) in [6, 6.07) is 12.0. The molecule has 0 heterocycles. The Morgan fingerprint density at radius 2 is 1.47 bits per heavy atom. The van der Waals surface area contributed by atoms with E-state index in [-0.39, 0.29) is 11.5 Å². The molecule has 0 saturated carbocycles. The predicted molar refractivity (Wildman–Crippen MR) is 75.6 cm³/mol. The van der Waals surface area contributed by atoms with Gasteiger partial charge in [-0.05, 0) is 56.3 Å². The van der Waals surface area contributed by atoms with Crippen LogP contribution < -0.4 is 0 Å². The number of aromatic hydroxyl groups is 2. The fraction of sp³-hybridized carbons (Fsp3) is 0.200. The van der Waals surface area contributed by atoms with E-state index in [1.165, 1.54) is 11.8 Å². The summed E-state index contributed by atoms with van der Waals surface area (Å²) >= 11 is 1.50. The number of rotatable bonds is 3. The minimum atomic E-state index is -1.09. The molecular formula is C15H16O3S. The third-order valence-electron chi connectivity index (χ3n) is 2.70. The van der Waals surface area contributed by atoms with E-state index >= 15 is 0 Å². The molecular weight excluding hydrogens is 260 g/mol. The van der Waals surface area contributed by atoms with Gasteiger partial charge in [-0.2, -0.15) is 0 Å². The van der Waals surface area contributed by atoms with Gasteiger partial charge < -0.3 is 15.3 Å². The first-order valence-electron chi connectivity index (χ1n) is 5.89. The number of phenols is 2. The third-order valence-corrected chi connectivity index (χ3v) is 3.70. The lowest BCUT2D eigenvalue weighted by Crippen LogP contribution is -2.15. The van der Waals surface area contributed by atoms with Gasteiger partial charge in [0.1, 0.15) is 11.5 Å². The Bertz CT molecular complexity index is 571. The highest BCUT2D eigenvalue weighted by Crippen LogP contribution is 2.35. The zero-order chi connectivity index (χ0) is 14.0. The highest BCUT2D eigenvalue weighted by molar-refractivity contribution is 7.99. The van der Waals surface area contributed by atoms with Crippen molar-refractivity contribution in [2.24, 2.45) is 0 Å². The van der Waals surface area contributed by atoms with Crippen LogP contribution in [0.4, 0.5) is 0 Å². The van der Waals surface area contributed by atoms with Crippen molar-refractivity contribution in [1.29, 1.82) is 0 Å². The van der Waals surface area contributed by atoms with Crippen molar-refractivity contribution >= 4 is 11.8 Å². The lowest BCUT2D eigenvalue weighted by atomic mass is 9.98. The first-order chi connectivity index (χ1) is 8.86. The zero-order valence-corrected chi connectivity index (χ0v) is 11.6. The Labute approximate surface area is 116 Å². The molecule has 0 aromatic heterocycles. The smallest absolute Gasteiger partial charge is 0.121 e. The van der Waals surface area contributed by atoms with Gasteiger partial charge in [0, 0.05) is 15.4 Å². The van der Waals surface area contributed by atoms with E-state index in [4.69, 9.17) is 0 Å². The van der Waals surface area contributed by atoms with Crippen LogP contribution >= 0.6 is 11.8 Å². The Morgan fingerprint density at radius 3 is 2.05 bits per heavy atom. The molecule has 0 saturated heterocycles. The van der Waals surface area contributed by atoms with Gasteiger partial charge in [0.05, 0.1) is 5.60 Å². The van der Waals surface area contributed by atoms with Gasteiger partial charge in [0.15, 0.2) is 0 Å². The van der Waals surface area contributed by atoms with Gasteiger partial charge in [0.25, 0.3) is 0 Å². The van der Waals surface area contributed by atoms with Crippen molar-refractivity contribution in [3.05, 3.63) is 48.0 Å². The summed E-state index contributed by atoms with van der Waals surface area (Å²) in [4.78, 5) is 1.89. The molecule has 100 valence electrons. The summed E-state index contributed by atoms with van der Waals surface area (Å²) in [5, 5.41) is 29.0. The average Bonchev–Trinajstić information content (AvgIpc) is 2.33. The lowest BCUT2D eigenvalue weighted by molar-refractivity contribution is 0.0756. The highest BCUT2D eigenvalue weighted by atomic mass is 32.2. The van der Waals surface area contributed by atoms with Gasteiger partial charge in [-0.1, -0.05) is 11.8 Å². The molecule has 0 aliphatic carbocycles. The lowest BCUT2D eigenvalue weighted by Gasteiger charge is -2.19. The molecule has 4 heteroatoms. The zero-order valence-electron chi connectivity index (χ0n) is 10.8. The SMILES string of the molecule is CC(C)(O)c1cc(Sc2ccc(O)cc2)ccc1O. The molecule has 0 radical (unpaired) electrons. The molecule has 2 aromatic rings. The first kappa shape index (κ1) is 13.8. The summed E-state index contributed by atoms with van der Waals surface area (Å²) in [6.45, 7) is 3.27. The molecule has 0 unspecified atom stereocenters. The highest BCUT2D eigenvalue weighted by Gasteiger charge is 2.20. The molecule has 0 atom stereocenters. The molecule has 0 amide bonds. The molecule has 0 aliphatic rings. The van der Waals surface area contributed by atoms with Gasteiger partial charge in [-0.15, -0.1) is 0 Å². The van der Waals surface area contributed by atoms with Crippen molar-refractivity contribution in [1.82, 2.24) is 0 Å². The maximum atomic E-state index is 9.99. The summed E-state index contributed by atoms with van der Waals surface area (Å²) in [5.74, 6) is 0.315. The second-order valence-corrected chi connectivity index (χ2v) is 5.98. The van der Waals surface area contributed by atoms with Crippen LogP contribution in [0, 0.1) is 0 Å².